The van der Waals surface area contributed by atoms with Gasteiger partial charge in [-0.1, -0.05) is 36.4 Å². The molecule has 0 radical (unpaired) electrons. The topological polar surface area (TPSA) is 115 Å². The van der Waals surface area contributed by atoms with E-state index in [2.05, 4.69) is 21.1 Å². The summed E-state index contributed by atoms with van der Waals surface area (Å²) in [5.74, 6) is 0.390. The monoisotopic (exact) mass is 361 g/mol. The van der Waals surface area contributed by atoms with E-state index in [9.17, 15) is 15.4 Å². The van der Waals surface area contributed by atoms with Crippen molar-refractivity contribution in [2.24, 2.45) is 19.1 Å². The lowest BCUT2D eigenvalue weighted by molar-refractivity contribution is -0.391. The number of allylic oxidation sites excluding steroid dienone is 1. The fourth-order valence-electron chi connectivity index (χ4n) is 2.54. The van der Waals surface area contributed by atoms with E-state index in [1.165, 1.54) is 16.3 Å². The van der Waals surface area contributed by atoms with Gasteiger partial charge in [0.2, 0.25) is 0 Å². The van der Waals surface area contributed by atoms with Crippen LogP contribution in [0.2, 0.25) is 0 Å². The maximum atomic E-state index is 11.0. The number of benzene rings is 1. The van der Waals surface area contributed by atoms with Gasteiger partial charge < -0.3 is 10.1 Å². The van der Waals surface area contributed by atoms with Gasteiger partial charge in [-0.2, -0.15) is 10.4 Å². The molecule has 0 amide bonds. The number of nitrogens with zero attached hydrogens (tertiary/aromatic N) is 7. The summed E-state index contributed by atoms with van der Waals surface area (Å²) < 4.78 is 2.73. The maximum absolute atomic E-state index is 11.0. The van der Waals surface area contributed by atoms with Gasteiger partial charge in [-0.3, -0.25) is 0 Å². The molecule has 2 heterocycles. The van der Waals surface area contributed by atoms with Crippen LogP contribution < -0.4 is 0 Å². The van der Waals surface area contributed by atoms with Crippen molar-refractivity contribution in [1.29, 1.82) is 5.26 Å². The Morgan fingerprint density at radius 1 is 1.30 bits per heavy atom. The number of aromatic nitrogens is 4. The molecule has 3 rings (SSSR count). The molecule has 1 aromatic carbocycles. The highest BCUT2D eigenvalue weighted by molar-refractivity contribution is 5.82. The molecule has 0 bridgehead atoms. The molecular weight excluding hydrogens is 346 g/mol. The van der Waals surface area contributed by atoms with Gasteiger partial charge in [0, 0.05) is 13.3 Å². The van der Waals surface area contributed by atoms with Gasteiger partial charge in [0.15, 0.2) is 11.5 Å². The highest BCUT2D eigenvalue weighted by Crippen LogP contribution is 2.30. The van der Waals surface area contributed by atoms with Crippen molar-refractivity contribution in [3.05, 3.63) is 63.8 Å². The van der Waals surface area contributed by atoms with Crippen molar-refractivity contribution < 1.29 is 4.92 Å². The van der Waals surface area contributed by atoms with E-state index in [0.717, 1.165) is 11.8 Å². The first-order chi connectivity index (χ1) is 13.0. The Morgan fingerprint density at radius 2 is 2.04 bits per heavy atom. The third kappa shape index (κ3) is 3.50. The van der Waals surface area contributed by atoms with Gasteiger partial charge in [0.25, 0.3) is 5.82 Å². The number of nitro groups is 1. The SMILES string of the molecule is Cn1nc(-c2ncc([N+](=O)[O-])n2C)c(C#N)c1N=CC=Cc1ccccc1. The van der Waals surface area contributed by atoms with Crippen molar-refractivity contribution in [1.82, 2.24) is 19.3 Å². The standard InChI is InChI=1S/C18H15N7O2/c1-23-15(25(26)27)12-21-18(23)16-14(11-19)17(24(2)22-16)20-10-6-9-13-7-4-3-5-8-13/h3-10,12H,1-2H3. The minimum Gasteiger partial charge on any atom is -0.358 e. The lowest BCUT2D eigenvalue weighted by Gasteiger charge is -1.96. The average molecular weight is 361 g/mol. The molecule has 0 unspecified atom stereocenters. The predicted octanol–water partition coefficient (Wildman–Crippen LogP) is 3.02. The van der Waals surface area contributed by atoms with Gasteiger partial charge in [0.1, 0.15) is 17.8 Å². The molecule has 0 aliphatic carbocycles. The van der Waals surface area contributed by atoms with Crippen molar-refractivity contribution in [2.75, 3.05) is 0 Å². The molecular formula is C18H15N7O2. The Kier molecular flexibility index (Phi) is 4.90. The molecule has 0 atom stereocenters. The van der Waals surface area contributed by atoms with Gasteiger partial charge in [-0.25, -0.2) is 19.2 Å². The van der Waals surface area contributed by atoms with Crippen molar-refractivity contribution >= 4 is 23.9 Å². The highest BCUT2D eigenvalue weighted by atomic mass is 16.6. The Morgan fingerprint density at radius 3 is 2.67 bits per heavy atom. The Hall–Kier alpha value is -4.06. The molecule has 0 saturated carbocycles. The summed E-state index contributed by atoms with van der Waals surface area (Å²) >= 11 is 0. The fraction of sp³-hybridized carbons (Fsp3) is 0.111. The van der Waals surface area contributed by atoms with Crippen LogP contribution in [0.1, 0.15) is 11.1 Å². The lowest BCUT2D eigenvalue weighted by Crippen LogP contribution is -2.00. The molecule has 0 aliphatic heterocycles. The van der Waals surface area contributed by atoms with Gasteiger partial charge in [-0.15, -0.1) is 0 Å². The highest BCUT2D eigenvalue weighted by Gasteiger charge is 2.26. The summed E-state index contributed by atoms with van der Waals surface area (Å²) in [6.45, 7) is 0. The molecule has 0 saturated heterocycles. The predicted molar refractivity (Wildman–Crippen MR) is 100 cm³/mol. The summed E-state index contributed by atoms with van der Waals surface area (Å²) in [6, 6.07) is 11.8. The molecule has 0 spiro atoms. The fourth-order valence-corrected chi connectivity index (χ4v) is 2.54. The van der Waals surface area contributed by atoms with Crippen LogP contribution in [-0.2, 0) is 14.1 Å². The van der Waals surface area contributed by atoms with Gasteiger partial charge in [-0.05, 0) is 16.6 Å². The third-order valence-corrected chi connectivity index (χ3v) is 3.86. The minimum atomic E-state index is -0.543. The minimum absolute atomic E-state index is 0.185. The molecule has 0 N–H and O–H groups in total. The van der Waals surface area contributed by atoms with E-state index in [1.54, 1.807) is 19.3 Å². The largest absolute Gasteiger partial charge is 0.358 e. The van der Waals surface area contributed by atoms with Crippen LogP contribution in [-0.4, -0.2) is 30.5 Å². The zero-order valence-corrected chi connectivity index (χ0v) is 14.6. The third-order valence-electron chi connectivity index (χ3n) is 3.86. The van der Waals surface area contributed by atoms with E-state index < -0.39 is 4.92 Å². The van der Waals surface area contributed by atoms with E-state index in [-0.39, 0.29) is 22.9 Å². The molecule has 9 heteroatoms. The Bertz CT molecular complexity index is 1090. The Balaban J connectivity index is 1.95. The zero-order valence-electron chi connectivity index (χ0n) is 14.6. The molecule has 9 nitrogen and oxygen atoms in total. The number of hydrogen-bond acceptors (Lipinski definition) is 6. The number of rotatable bonds is 5. The zero-order chi connectivity index (χ0) is 19.4. The van der Waals surface area contributed by atoms with Crippen molar-refractivity contribution in [3.8, 4) is 17.6 Å². The lowest BCUT2D eigenvalue weighted by atomic mass is 10.2. The summed E-state index contributed by atoms with van der Waals surface area (Å²) in [5.41, 5.74) is 1.47. The van der Waals surface area contributed by atoms with E-state index >= 15 is 0 Å². The van der Waals surface area contributed by atoms with Gasteiger partial charge >= 0.3 is 5.82 Å². The summed E-state index contributed by atoms with van der Waals surface area (Å²) in [6.07, 6.45) is 6.34. The maximum Gasteiger partial charge on any atom is 0.342 e. The molecule has 134 valence electrons. The van der Waals surface area contributed by atoms with Crippen LogP contribution in [0, 0.1) is 21.4 Å². The van der Waals surface area contributed by atoms with Crippen LogP contribution in [0.4, 0.5) is 11.6 Å². The van der Waals surface area contributed by atoms with Crippen LogP contribution in [0.5, 0.6) is 0 Å². The second kappa shape index (κ2) is 7.45. The smallest absolute Gasteiger partial charge is 0.342 e. The summed E-state index contributed by atoms with van der Waals surface area (Å²) in [7, 11) is 3.15. The number of aliphatic imine (C=N–C) groups is 1. The Labute approximate surface area is 154 Å². The van der Waals surface area contributed by atoms with Crippen LogP contribution in [0.3, 0.4) is 0 Å². The number of nitriles is 1. The first-order valence-corrected chi connectivity index (χ1v) is 7.92. The van der Waals surface area contributed by atoms with E-state index in [4.69, 9.17) is 0 Å². The van der Waals surface area contributed by atoms with Crippen LogP contribution >= 0.6 is 0 Å². The second-order valence-corrected chi connectivity index (χ2v) is 5.59. The summed E-state index contributed by atoms with van der Waals surface area (Å²) in [4.78, 5) is 18.8. The van der Waals surface area contributed by atoms with Crippen LogP contribution in [0.25, 0.3) is 17.6 Å². The van der Waals surface area contributed by atoms with Gasteiger partial charge in [0.05, 0.1) is 7.05 Å². The molecule has 0 fully saturated rings. The van der Waals surface area contributed by atoms with Crippen molar-refractivity contribution in [3.63, 3.8) is 0 Å². The van der Waals surface area contributed by atoms with Crippen LogP contribution in [0.15, 0.2) is 47.6 Å². The number of hydrogen-bond donors (Lipinski definition) is 0. The second-order valence-electron chi connectivity index (χ2n) is 5.59. The molecule has 0 aliphatic rings. The molecule has 2 aromatic heterocycles. The number of aryl methyl sites for hydroxylation is 1. The average Bonchev–Trinajstić information content (AvgIpc) is 3.19. The quantitative estimate of drug-likeness (QED) is 0.393. The molecule has 3 aromatic rings. The first kappa shape index (κ1) is 17.8. The van der Waals surface area contributed by atoms with Crippen molar-refractivity contribution in [2.45, 2.75) is 0 Å². The van der Waals surface area contributed by atoms with E-state index in [1.807, 2.05) is 36.4 Å². The number of imidazole rings is 1. The normalized spacial score (nSPS) is 11.3. The molecule has 27 heavy (non-hydrogen) atoms. The summed E-state index contributed by atoms with van der Waals surface area (Å²) in [5, 5.41) is 24.8. The van der Waals surface area contributed by atoms with E-state index in [0.29, 0.717) is 5.82 Å². The first-order valence-electron chi connectivity index (χ1n) is 7.92.